The normalized spacial score (nSPS) is 17.1. The number of piperazine rings is 1. The minimum Gasteiger partial charge on any atom is -0.507 e. The van der Waals surface area contributed by atoms with Crippen LogP contribution in [0.5, 0.6) is 34.5 Å². The minimum absolute atomic E-state index is 0.142. The van der Waals surface area contributed by atoms with Crippen LogP contribution < -0.4 is 28.7 Å². The fourth-order valence-corrected chi connectivity index (χ4v) is 6.67. The van der Waals surface area contributed by atoms with E-state index in [-0.39, 0.29) is 37.2 Å². The quantitative estimate of drug-likeness (QED) is 0.273. The molecule has 2 N–H and O–H groups in total. The second-order valence-corrected chi connectivity index (χ2v) is 12.4. The first kappa shape index (κ1) is 29.9. The third kappa shape index (κ3) is 5.59. The molecule has 2 atom stereocenters. The van der Waals surface area contributed by atoms with Gasteiger partial charge in [-0.1, -0.05) is 24.3 Å². The summed E-state index contributed by atoms with van der Waals surface area (Å²) in [7, 11) is 8.10. The molecule has 0 amide bonds. The number of nitrogens with zero attached hydrogens (tertiary/aromatic N) is 4. The van der Waals surface area contributed by atoms with Crippen LogP contribution in [0.1, 0.15) is 34.3 Å². The lowest BCUT2D eigenvalue weighted by Crippen LogP contribution is -2.49. The van der Waals surface area contributed by atoms with Gasteiger partial charge in [0.05, 0.1) is 12.1 Å². The van der Waals surface area contributed by atoms with Crippen molar-refractivity contribution in [3.05, 3.63) is 95.1 Å². The number of benzene rings is 4. The van der Waals surface area contributed by atoms with E-state index in [0.29, 0.717) is 23.0 Å². The molecule has 3 heterocycles. The third-order valence-electron chi connectivity index (χ3n) is 9.16. The highest BCUT2D eigenvalue weighted by atomic mass is 16.7. The fourth-order valence-electron chi connectivity index (χ4n) is 6.67. The first-order valence-corrected chi connectivity index (χ1v) is 15.5. The van der Waals surface area contributed by atoms with Gasteiger partial charge in [0.1, 0.15) is 11.5 Å². The molecule has 0 unspecified atom stereocenters. The third-order valence-corrected chi connectivity index (χ3v) is 9.16. The van der Waals surface area contributed by atoms with Gasteiger partial charge >= 0.3 is 0 Å². The van der Waals surface area contributed by atoms with Gasteiger partial charge < -0.3 is 39.0 Å². The topological polar surface area (TPSA) is 90.3 Å². The van der Waals surface area contributed by atoms with Gasteiger partial charge in [-0.05, 0) is 47.5 Å². The first-order chi connectivity index (χ1) is 22.3. The van der Waals surface area contributed by atoms with E-state index in [9.17, 15) is 10.2 Å². The molecule has 10 heteroatoms. The molecule has 0 spiro atoms. The summed E-state index contributed by atoms with van der Waals surface area (Å²) in [5.74, 6) is 2.75. The highest BCUT2D eigenvalue weighted by Gasteiger charge is 2.35. The summed E-state index contributed by atoms with van der Waals surface area (Å²) in [5, 5.41) is 22.5. The number of hydrogen-bond donors (Lipinski definition) is 2. The summed E-state index contributed by atoms with van der Waals surface area (Å²) < 4.78 is 22.5. The molecule has 240 valence electrons. The van der Waals surface area contributed by atoms with E-state index >= 15 is 0 Å². The molecule has 3 aliphatic heterocycles. The lowest BCUT2D eigenvalue weighted by molar-refractivity contribution is 0.0883. The maximum atomic E-state index is 11.3. The van der Waals surface area contributed by atoms with Crippen LogP contribution >= 0.6 is 0 Å². The van der Waals surface area contributed by atoms with Crippen molar-refractivity contribution in [1.29, 1.82) is 0 Å². The number of phenolic OH excluding ortho intramolecular Hbond substituents is 2. The molecule has 7 rings (SSSR count). The van der Waals surface area contributed by atoms with E-state index in [0.717, 1.165) is 59.8 Å². The van der Waals surface area contributed by atoms with Gasteiger partial charge in [0.2, 0.25) is 13.6 Å². The number of aromatic hydroxyl groups is 2. The van der Waals surface area contributed by atoms with Crippen molar-refractivity contribution in [1.82, 2.24) is 9.80 Å². The van der Waals surface area contributed by atoms with Gasteiger partial charge in [-0.25, -0.2) is 0 Å². The Hall–Kier alpha value is -4.80. The summed E-state index contributed by atoms with van der Waals surface area (Å²) in [6, 6.07) is 23.7. The highest BCUT2D eigenvalue weighted by Crippen LogP contribution is 2.46. The van der Waals surface area contributed by atoms with Crippen LogP contribution in [0.3, 0.4) is 0 Å². The van der Waals surface area contributed by atoms with Crippen molar-refractivity contribution < 1.29 is 29.2 Å². The van der Waals surface area contributed by atoms with E-state index in [4.69, 9.17) is 18.9 Å². The van der Waals surface area contributed by atoms with Gasteiger partial charge in [-0.15, -0.1) is 0 Å². The van der Waals surface area contributed by atoms with Crippen LogP contribution in [-0.2, 0) is 0 Å². The molecule has 1 fully saturated rings. The Labute approximate surface area is 269 Å². The van der Waals surface area contributed by atoms with E-state index in [1.54, 1.807) is 12.1 Å². The fraction of sp³-hybridized carbons (Fsp3) is 0.333. The number of fused-ring (bicyclic) bond motifs is 2. The number of ether oxygens (including phenoxy) is 4. The Morgan fingerprint density at radius 2 is 0.848 bits per heavy atom. The van der Waals surface area contributed by atoms with Crippen LogP contribution in [0.4, 0.5) is 11.4 Å². The Kier molecular flexibility index (Phi) is 7.92. The van der Waals surface area contributed by atoms with E-state index in [1.807, 2.05) is 40.3 Å². The summed E-state index contributed by atoms with van der Waals surface area (Å²) in [6.07, 6.45) is 0. The van der Waals surface area contributed by atoms with Crippen molar-refractivity contribution in [3.8, 4) is 34.5 Å². The van der Waals surface area contributed by atoms with Crippen LogP contribution in [0, 0.1) is 0 Å². The summed E-state index contributed by atoms with van der Waals surface area (Å²) in [5.41, 5.74) is 5.93. The Morgan fingerprint density at radius 3 is 1.17 bits per heavy atom. The predicted octanol–water partition coefficient (Wildman–Crippen LogP) is 5.18. The maximum absolute atomic E-state index is 11.3. The number of hydrogen-bond acceptors (Lipinski definition) is 10. The van der Waals surface area contributed by atoms with Crippen molar-refractivity contribution in [2.45, 2.75) is 12.1 Å². The molecule has 0 aliphatic carbocycles. The van der Waals surface area contributed by atoms with Crippen LogP contribution in [-0.4, -0.2) is 88.0 Å². The van der Waals surface area contributed by atoms with Gasteiger partial charge in [0.15, 0.2) is 23.0 Å². The zero-order valence-electron chi connectivity index (χ0n) is 26.6. The highest BCUT2D eigenvalue weighted by molar-refractivity contribution is 5.57. The molecule has 0 radical (unpaired) electrons. The van der Waals surface area contributed by atoms with E-state index < -0.39 is 0 Å². The van der Waals surface area contributed by atoms with Crippen molar-refractivity contribution >= 4 is 11.4 Å². The lowest BCUT2D eigenvalue weighted by atomic mass is 9.93. The molecule has 1 saturated heterocycles. The van der Waals surface area contributed by atoms with Crippen LogP contribution in [0.2, 0.25) is 0 Å². The molecule has 0 aromatic heterocycles. The van der Waals surface area contributed by atoms with Gasteiger partial charge in [0, 0.05) is 89.0 Å². The summed E-state index contributed by atoms with van der Waals surface area (Å²) in [4.78, 5) is 8.97. The molecule has 0 saturated carbocycles. The van der Waals surface area contributed by atoms with Gasteiger partial charge in [0.25, 0.3) is 0 Å². The smallest absolute Gasteiger partial charge is 0.231 e. The summed E-state index contributed by atoms with van der Waals surface area (Å²) in [6.45, 7) is 3.19. The average Bonchev–Trinajstić information content (AvgIpc) is 3.71. The minimum atomic E-state index is -0.204. The van der Waals surface area contributed by atoms with Crippen molar-refractivity contribution in [2.24, 2.45) is 0 Å². The van der Waals surface area contributed by atoms with Crippen molar-refractivity contribution in [3.63, 3.8) is 0 Å². The largest absolute Gasteiger partial charge is 0.507 e. The molecular weight excluding hydrogens is 584 g/mol. The molecule has 46 heavy (non-hydrogen) atoms. The second-order valence-electron chi connectivity index (χ2n) is 12.4. The summed E-state index contributed by atoms with van der Waals surface area (Å²) >= 11 is 0. The molecule has 4 aromatic rings. The Balaban J connectivity index is 1.22. The second kappa shape index (κ2) is 12.2. The SMILES string of the molecule is CN(C)c1ccc([C@H](c2cc3c(cc2O)OCO3)N2CCN([C@H](c3ccc(N(C)C)cc3)c3cc4c(cc3O)OCO4)CC2)cc1. The monoisotopic (exact) mass is 624 g/mol. The lowest BCUT2D eigenvalue weighted by Gasteiger charge is -2.43. The van der Waals surface area contributed by atoms with Crippen LogP contribution in [0.15, 0.2) is 72.8 Å². The number of anilines is 2. The van der Waals surface area contributed by atoms with Crippen molar-refractivity contribution in [2.75, 3.05) is 77.8 Å². The first-order valence-electron chi connectivity index (χ1n) is 15.5. The molecule has 10 nitrogen and oxygen atoms in total. The Bertz CT molecular complexity index is 1570. The zero-order valence-corrected chi connectivity index (χ0v) is 26.6. The Morgan fingerprint density at radius 1 is 0.522 bits per heavy atom. The zero-order chi connectivity index (χ0) is 31.9. The standard InChI is InChI=1S/C36H40N4O6/c1-37(2)25-9-5-23(6-10-25)35(27-17-31-33(19-29(27)41)45-21-43-31)39-13-15-40(16-14-39)36(24-7-11-26(12-8-24)38(3)4)28-18-32-34(20-30(28)42)46-22-44-32/h5-12,17-20,35-36,41-42H,13-16,21-22H2,1-4H3/t35-,36-/m1/s1. The van der Waals surface area contributed by atoms with Crippen LogP contribution in [0.25, 0.3) is 0 Å². The molecule has 4 aromatic carbocycles. The molecular formula is C36H40N4O6. The number of phenols is 2. The molecule has 0 bridgehead atoms. The average molecular weight is 625 g/mol. The van der Waals surface area contributed by atoms with Gasteiger partial charge in [-0.2, -0.15) is 0 Å². The van der Waals surface area contributed by atoms with E-state index in [2.05, 4.69) is 68.1 Å². The number of rotatable bonds is 8. The van der Waals surface area contributed by atoms with E-state index in [1.165, 1.54) is 0 Å². The molecule has 3 aliphatic rings. The maximum Gasteiger partial charge on any atom is 0.231 e. The predicted molar refractivity (Wildman–Crippen MR) is 177 cm³/mol. The van der Waals surface area contributed by atoms with Gasteiger partial charge in [-0.3, -0.25) is 9.80 Å².